The van der Waals surface area contributed by atoms with Gasteiger partial charge in [0.05, 0.1) is 46.1 Å². The number of hydrogen-bond acceptors (Lipinski definition) is 9. The zero-order valence-corrected chi connectivity index (χ0v) is 33.6. The SMILES string of the molecule is Cc1ccc(-c2nn(C3CCC(C#CN4CCN(CC#Cc5cccc6c5n(C)c(=O)n6C5CCC(=O)NC5=O)CC4)CC3)cc2NC(=O)c2ccn3cccnc23)nc1. The number of amides is 3. The van der Waals surface area contributed by atoms with Gasteiger partial charge in [-0.25, -0.2) is 9.78 Å². The molecule has 7 heterocycles. The van der Waals surface area contributed by atoms with Gasteiger partial charge in [-0.15, -0.1) is 0 Å². The Labute approximate surface area is 346 Å². The van der Waals surface area contributed by atoms with Crippen molar-refractivity contribution in [1.29, 1.82) is 0 Å². The zero-order valence-electron chi connectivity index (χ0n) is 33.6. The first-order valence-corrected chi connectivity index (χ1v) is 20.5. The van der Waals surface area contributed by atoms with Crippen LogP contribution in [0.25, 0.3) is 28.1 Å². The van der Waals surface area contributed by atoms with Crippen LogP contribution >= 0.6 is 0 Å². The number of anilines is 1. The maximum absolute atomic E-state index is 13.5. The summed E-state index contributed by atoms with van der Waals surface area (Å²) in [6, 6.07) is 16.0. The number of piperazine rings is 1. The minimum atomic E-state index is -0.735. The molecule has 304 valence electrons. The van der Waals surface area contributed by atoms with E-state index >= 15 is 0 Å². The molecule has 1 aromatic carbocycles. The van der Waals surface area contributed by atoms with E-state index in [9.17, 15) is 19.2 Å². The molecule has 0 radical (unpaired) electrons. The Morgan fingerprint density at radius 2 is 1.78 bits per heavy atom. The smallest absolute Gasteiger partial charge is 0.329 e. The zero-order chi connectivity index (χ0) is 41.3. The van der Waals surface area contributed by atoms with Crippen molar-refractivity contribution >= 4 is 40.1 Å². The summed E-state index contributed by atoms with van der Waals surface area (Å²) >= 11 is 0. The maximum atomic E-state index is 13.5. The van der Waals surface area contributed by atoms with Crippen LogP contribution in [0.1, 0.15) is 72.1 Å². The van der Waals surface area contributed by atoms with Gasteiger partial charge in [0.25, 0.3) is 5.91 Å². The van der Waals surface area contributed by atoms with Crippen LogP contribution in [0.15, 0.2) is 78.2 Å². The lowest BCUT2D eigenvalue weighted by Crippen LogP contribution is -2.44. The number of carbonyl (C=O) groups excluding carboxylic acids is 3. The molecule has 0 bridgehead atoms. The molecule has 1 atom stereocenters. The molecule has 1 saturated carbocycles. The van der Waals surface area contributed by atoms with Gasteiger partial charge in [-0.2, -0.15) is 5.10 Å². The molecule has 60 heavy (non-hydrogen) atoms. The van der Waals surface area contributed by atoms with Gasteiger partial charge in [0, 0.05) is 82.6 Å². The van der Waals surface area contributed by atoms with Crippen LogP contribution < -0.4 is 16.3 Å². The summed E-state index contributed by atoms with van der Waals surface area (Å²) in [5.41, 5.74) is 5.80. The van der Waals surface area contributed by atoms with Crippen molar-refractivity contribution in [1.82, 2.24) is 48.4 Å². The molecule has 3 aliphatic rings. The van der Waals surface area contributed by atoms with Gasteiger partial charge < -0.3 is 14.6 Å². The fourth-order valence-corrected chi connectivity index (χ4v) is 8.48. The lowest BCUT2D eigenvalue weighted by molar-refractivity contribution is -0.135. The van der Waals surface area contributed by atoms with Gasteiger partial charge in [-0.05, 0) is 74.9 Å². The first-order valence-electron chi connectivity index (χ1n) is 20.5. The number of pyridine rings is 1. The topological polar surface area (TPSA) is 157 Å². The van der Waals surface area contributed by atoms with Crippen molar-refractivity contribution in [2.75, 3.05) is 38.0 Å². The lowest BCUT2D eigenvalue weighted by Gasteiger charge is -2.31. The number of rotatable bonds is 6. The normalized spacial score (nSPS) is 19.7. The van der Waals surface area contributed by atoms with E-state index < -0.39 is 11.9 Å². The Hall–Kier alpha value is -6.97. The van der Waals surface area contributed by atoms with E-state index in [1.165, 1.54) is 9.13 Å². The van der Waals surface area contributed by atoms with Crippen molar-refractivity contribution in [2.45, 2.75) is 57.5 Å². The third kappa shape index (κ3) is 7.67. The summed E-state index contributed by atoms with van der Waals surface area (Å²) in [7, 11) is 1.69. The number of fused-ring (bicyclic) bond motifs is 2. The highest BCUT2D eigenvalue weighted by molar-refractivity contribution is 6.09. The Balaban J connectivity index is 0.799. The number of aryl methyl sites for hydroxylation is 2. The second-order valence-electron chi connectivity index (χ2n) is 15.8. The fourth-order valence-electron chi connectivity index (χ4n) is 8.48. The van der Waals surface area contributed by atoms with E-state index in [0.29, 0.717) is 51.8 Å². The van der Waals surface area contributed by atoms with E-state index in [2.05, 4.69) is 54.2 Å². The maximum Gasteiger partial charge on any atom is 0.329 e. The summed E-state index contributed by atoms with van der Waals surface area (Å²) in [5.74, 6) is 9.42. The highest BCUT2D eigenvalue weighted by atomic mass is 16.2. The molecular weight excluding hydrogens is 759 g/mol. The Bertz CT molecular complexity index is 2810. The molecule has 3 amide bonds. The number of nitrogens with one attached hydrogen (secondary N) is 2. The van der Waals surface area contributed by atoms with E-state index in [1.807, 2.05) is 77.2 Å². The number of carbonyl (C=O) groups is 3. The molecule has 2 aliphatic heterocycles. The van der Waals surface area contributed by atoms with Gasteiger partial charge in [-0.3, -0.25) is 43.4 Å². The molecule has 9 rings (SSSR count). The summed E-state index contributed by atoms with van der Waals surface area (Å²) in [4.78, 5) is 64.7. The van der Waals surface area contributed by atoms with E-state index in [-0.39, 0.29) is 36.4 Å². The number of imidazole rings is 1. The quantitative estimate of drug-likeness (QED) is 0.187. The molecule has 2 N–H and O–H groups in total. The molecular formula is C45H45N11O4. The van der Waals surface area contributed by atoms with Crippen molar-refractivity contribution in [3.8, 4) is 35.2 Å². The molecule has 3 fully saturated rings. The predicted octanol–water partition coefficient (Wildman–Crippen LogP) is 4.15. The third-order valence-corrected chi connectivity index (χ3v) is 11.8. The number of benzene rings is 1. The van der Waals surface area contributed by atoms with Crippen LogP contribution in [0.4, 0.5) is 5.69 Å². The van der Waals surface area contributed by atoms with E-state index in [1.54, 1.807) is 19.3 Å². The standard InChI is InChI=1S/C45H45N11O4/c1-30-9-14-35(47-28-30)40-36(48-43(58)34-18-23-54-21-5-19-46-42(34)54)29-55(50-40)33-12-10-31(11-13-33)17-22-53-26-24-52(25-27-53)20-4-7-32-6-3-8-37-41(32)51(2)45(60)56(37)38-15-16-39(57)49-44(38)59/h3,5-6,8-9,14,18-19,21,23,28-29,31,33,38H,10-13,15-16,20,24-27H2,1-2H3,(H,48,58)(H,49,57,59). The van der Waals surface area contributed by atoms with E-state index in [0.717, 1.165) is 63.0 Å². The van der Waals surface area contributed by atoms with Crippen LogP contribution in [0.5, 0.6) is 0 Å². The molecule has 6 aromatic rings. The number of para-hydroxylation sites is 1. The number of piperidine rings is 1. The van der Waals surface area contributed by atoms with Gasteiger partial charge in [0.1, 0.15) is 17.4 Å². The molecule has 2 saturated heterocycles. The molecule has 5 aromatic heterocycles. The minimum Gasteiger partial charge on any atom is -0.330 e. The molecule has 1 unspecified atom stereocenters. The number of hydrogen-bond donors (Lipinski definition) is 2. The number of aromatic nitrogens is 7. The van der Waals surface area contributed by atoms with E-state index in [4.69, 9.17) is 5.10 Å². The predicted molar refractivity (Wildman–Crippen MR) is 226 cm³/mol. The van der Waals surface area contributed by atoms with Crippen LogP contribution in [0.3, 0.4) is 0 Å². The summed E-state index contributed by atoms with van der Waals surface area (Å²) in [6.45, 7) is 5.93. The molecule has 15 heteroatoms. The molecule has 0 spiro atoms. The second kappa shape index (κ2) is 16.4. The first-order chi connectivity index (χ1) is 29.2. The number of nitrogens with zero attached hydrogens (tertiary/aromatic N) is 9. The molecule has 1 aliphatic carbocycles. The van der Waals surface area contributed by atoms with Gasteiger partial charge in [0.15, 0.2) is 0 Å². The largest absolute Gasteiger partial charge is 0.330 e. The first kappa shape index (κ1) is 38.5. The van der Waals surface area contributed by atoms with Crippen molar-refractivity contribution < 1.29 is 14.4 Å². The highest BCUT2D eigenvalue weighted by Crippen LogP contribution is 2.35. The second-order valence-corrected chi connectivity index (χ2v) is 15.8. The van der Waals surface area contributed by atoms with Crippen molar-refractivity contribution in [2.24, 2.45) is 13.0 Å². The van der Waals surface area contributed by atoms with Gasteiger partial charge >= 0.3 is 5.69 Å². The summed E-state index contributed by atoms with van der Waals surface area (Å²) in [5, 5.41) is 10.4. The Kier molecular flexibility index (Phi) is 10.5. The summed E-state index contributed by atoms with van der Waals surface area (Å²) in [6.07, 6.45) is 13.4. The lowest BCUT2D eigenvalue weighted by atomic mass is 9.86. The Morgan fingerprint density at radius 1 is 0.950 bits per heavy atom. The minimum absolute atomic E-state index is 0.182. The van der Waals surface area contributed by atoms with Gasteiger partial charge in [-0.1, -0.05) is 29.9 Å². The Morgan fingerprint density at radius 3 is 2.57 bits per heavy atom. The van der Waals surface area contributed by atoms with Crippen molar-refractivity contribution in [3.05, 3.63) is 101 Å². The van der Waals surface area contributed by atoms with Gasteiger partial charge in [0.2, 0.25) is 11.8 Å². The molecule has 15 nitrogen and oxygen atoms in total. The van der Waals surface area contributed by atoms with Crippen LogP contribution in [0, 0.1) is 36.6 Å². The van der Waals surface area contributed by atoms with Crippen LogP contribution in [-0.2, 0) is 16.6 Å². The average molecular weight is 804 g/mol. The third-order valence-electron chi connectivity index (χ3n) is 11.8. The van der Waals surface area contributed by atoms with Crippen LogP contribution in [-0.4, -0.2) is 93.5 Å². The van der Waals surface area contributed by atoms with Crippen molar-refractivity contribution in [3.63, 3.8) is 0 Å². The fraction of sp³-hybridized carbons (Fsp3) is 0.356. The average Bonchev–Trinajstić information content (AvgIpc) is 3.96. The summed E-state index contributed by atoms with van der Waals surface area (Å²) < 4.78 is 6.84. The highest BCUT2D eigenvalue weighted by Gasteiger charge is 2.32. The van der Waals surface area contributed by atoms with Crippen LogP contribution in [0.2, 0.25) is 0 Å². The monoisotopic (exact) mass is 803 g/mol. The number of imide groups is 1.